The second kappa shape index (κ2) is 4.07. The molecule has 1 nitrogen and oxygen atoms in total. The second-order valence-electron chi connectivity index (χ2n) is 3.08. The van der Waals surface area contributed by atoms with Crippen LogP contribution in [0.1, 0.15) is 18.1 Å². The van der Waals surface area contributed by atoms with Crippen molar-refractivity contribution in [1.29, 1.82) is 0 Å². The first kappa shape index (κ1) is 8.97. The lowest BCUT2D eigenvalue weighted by atomic mass is 10.1. The van der Waals surface area contributed by atoms with Crippen molar-refractivity contribution in [1.82, 2.24) is 0 Å². The quantitative estimate of drug-likeness (QED) is 0.682. The van der Waals surface area contributed by atoms with Crippen molar-refractivity contribution >= 4 is 15.9 Å². The van der Waals surface area contributed by atoms with Gasteiger partial charge in [0.2, 0.25) is 0 Å². The summed E-state index contributed by atoms with van der Waals surface area (Å²) < 4.78 is 6.73. The molecule has 0 saturated heterocycles. The second-order valence-corrected chi connectivity index (χ2v) is 4.00. The van der Waals surface area contributed by atoms with Crippen molar-refractivity contribution in [2.75, 3.05) is 6.61 Å². The molecule has 1 aliphatic heterocycles. The number of halogens is 1. The van der Waals surface area contributed by atoms with Crippen LogP contribution in [0.25, 0.3) is 0 Å². The lowest BCUT2D eigenvalue weighted by molar-refractivity contribution is 0.0677. The summed E-state index contributed by atoms with van der Waals surface area (Å²) in [5.41, 5.74) is 1.25. The molecule has 0 fully saturated rings. The van der Waals surface area contributed by atoms with Crippen LogP contribution in [0.3, 0.4) is 0 Å². The summed E-state index contributed by atoms with van der Waals surface area (Å²) >= 11 is 3.46. The zero-order valence-corrected chi connectivity index (χ0v) is 8.83. The minimum Gasteiger partial charge on any atom is -0.369 e. The minimum absolute atomic E-state index is 0.238. The van der Waals surface area contributed by atoms with Gasteiger partial charge in [-0.1, -0.05) is 40.2 Å². The molecular formula is C11H11BrO. The molecule has 68 valence electrons. The molecule has 1 unspecified atom stereocenters. The lowest BCUT2D eigenvalue weighted by Gasteiger charge is -2.19. The topological polar surface area (TPSA) is 9.23 Å². The molecule has 1 atom stereocenters. The Labute approximate surface area is 86.5 Å². The van der Waals surface area contributed by atoms with E-state index in [2.05, 4.69) is 40.2 Å². The zero-order chi connectivity index (χ0) is 9.10. The zero-order valence-electron chi connectivity index (χ0n) is 7.24. The van der Waals surface area contributed by atoms with Crippen LogP contribution in [0.2, 0.25) is 0 Å². The predicted molar refractivity (Wildman–Crippen MR) is 56.6 cm³/mol. The third-order valence-corrected chi connectivity index (χ3v) is 2.62. The molecule has 0 bridgehead atoms. The van der Waals surface area contributed by atoms with Gasteiger partial charge in [-0.3, -0.25) is 0 Å². The molecule has 2 heteroatoms. The smallest absolute Gasteiger partial charge is 0.0864 e. The first-order chi connectivity index (χ1) is 6.36. The van der Waals surface area contributed by atoms with E-state index in [0.717, 1.165) is 17.5 Å². The molecule has 0 spiro atoms. The number of hydrogen-bond donors (Lipinski definition) is 0. The highest BCUT2D eigenvalue weighted by molar-refractivity contribution is 9.10. The van der Waals surface area contributed by atoms with E-state index in [0.29, 0.717) is 0 Å². The predicted octanol–water partition coefficient (Wildman–Crippen LogP) is 3.47. The molecule has 13 heavy (non-hydrogen) atoms. The van der Waals surface area contributed by atoms with Gasteiger partial charge in [0, 0.05) is 4.47 Å². The van der Waals surface area contributed by atoms with Gasteiger partial charge in [0.1, 0.15) is 0 Å². The molecule has 1 heterocycles. The monoisotopic (exact) mass is 238 g/mol. The van der Waals surface area contributed by atoms with Gasteiger partial charge in [0.05, 0.1) is 12.7 Å². The minimum atomic E-state index is 0.238. The van der Waals surface area contributed by atoms with Gasteiger partial charge in [-0.2, -0.15) is 0 Å². The highest BCUT2D eigenvalue weighted by Crippen LogP contribution is 2.26. The fourth-order valence-corrected chi connectivity index (χ4v) is 1.88. The van der Waals surface area contributed by atoms with Crippen LogP contribution >= 0.6 is 15.9 Å². The van der Waals surface area contributed by atoms with Gasteiger partial charge in [-0.25, -0.2) is 0 Å². The highest BCUT2D eigenvalue weighted by atomic mass is 79.9. The maximum atomic E-state index is 5.61. The summed E-state index contributed by atoms with van der Waals surface area (Å²) in [5.74, 6) is 0. The maximum Gasteiger partial charge on any atom is 0.0864 e. The number of rotatable bonds is 1. The number of ether oxygens (including phenoxy) is 1. The van der Waals surface area contributed by atoms with Crippen LogP contribution in [0, 0.1) is 0 Å². The maximum absolute atomic E-state index is 5.61. The molecular weight excluding hydrogens is 228 g/mol. The van der Waals surface area contributed by atoms with E-state index < -0.39 is 0 Å². The van der Waals surface area contributed by atoms with Crippen molar-refractivity contribution in [2.24, 2.45) is 0 Å². The van der Waals surface area contributed by atoms with Crippen LogP contribution in [0.5, 0.6) is 0 Å². The Morgan fingerprint density at radius 1 is 1.31 bits per heavy atom. The molecule has 2 rings (SSSR count). The summed E-state index contributed by atoms with van der Waals surface area (Å²) in [6.07, 6.45) is 5.46. The molecule has 1 aliphatic rings. The molecule has 0 aliphatic carbocycles. The molecule has 0 N–H and O–H groups in total. The molecule has 0 radical (unpaired) electrons. The first-order valence-corrected chi connectivity index (χ1v) is 5.17. The van der Waals surface area contributed by atoms with Gasteiger partial charge in [-0.15, -0.1) is 0 Å². The summed E-state index contributed by atoms with van der Waals surface area (Å²) in [6.45, 7) is 0.733. The van der Waals surface area contributed by atoms with Gasteiger partial charge in [0.25, 0.3) is 0 Å². The first-order valence-electron chi connectivity index (χ1n) is 4.38. The number of hydrogen-bond acceptors (Lipinski definition) is 1. The van der Waals surface area contributed by atoms with Crippen LogP contribution in [0.15, 0.2) is 40.9 Å². The van der Waals surface area contributed by atoms with E-state index in [1.54, 1.807) is 0 Å². The van der Waals surface area contributed by atoms with Crippen LogP contribution in [-0.2, 0) is 4.74 Å². The molecule has 0 aromatic heterocycles. The summed E-state index contributed by atoms with van der Waals surface area (Å²) in [4.78, 5) is 0. The Balaban J connectivity index is 2.20. The lowest BCUT2D eigenvalue weighted by Crippen LogP contribution is -2.07. The third-order valence-electron chi connectivity index (χ3n) is 2.13. The largest absolute Gasteiger partial charge is 0.369 e. The highest BCUT2D eigenvalue weighted by Gasteiger charge is 2.12. The van der Waals surface area contributed by atoms with E-state index in [9.17, 15) is 0 Å². The van der Waals surface area contributed by atoms with Gasteiger partial charge >= 0.3 is 0 Å². The normalized spacial score (nSPS) is 21.8. The Kier molecular flexibility index (Phi) is 2.81. The SMILES string of the molecule is Brc1cccc(C2CC=CCO2)c1. The van der Waals surface area contributed by atoms with Crippen molar-refractivity contribution < 1.29 is 4.74 Å². The van der Waals surface area contributed by atoms with Crippen molar-refractivity contribution in [3.63, 3.8) is 0 Å². The molecule has 1 aromatic rings. The fraction of sp³-hybridized carbons (Fsp3) is 0.273. The van der Waals surface area contributed by atoms with Gasteiger partial charge in [0.15, 0.2) is 0 Å². The van der Waals surface area contributed by atoms with E-state index in [1.807, 2.05) is 12.1 Å². The van der Waals surface area contributed by atoms with E-state index in [4.69, 9.17) is 4.74 Å². The Morgan fingerprint density at radius 3 is 2.92 bits per heavy atom. The Bertz CT molecular complexity index is 320. The Morgan fingerprint density at radius 2 is 2.23 bits per heavy atom. The molecule has 1 aromatic carbocycles. The van der Waals surface area contributed by atoms with Crippen molar-refractivity contribution in [3.8, 4) is 0 Å². The molecule has 0 saturated carbocycles. The van der Waals surface area contributed by atoms with E-state index >= 15 is 0 Å². The van der Waals surface area contributed by atoms with Crippen LogP contribution in [0.4, 0.5) is 0 Å². The van der Waals surface area contributed by atoms with E-state index in [-0.39, 0.29) is 6.10 Å². The van der Waals surface area contributed by atoms with Gasteiger partial charge in [-0.05, 0) is 24.1 Å². The number of benzene rings is 1. The fourth-order valence-electron chi connectivity index (χ4n) is 1.47. The summed E-state index contributed by atoms with van der Waals surface area (Å²) in [5, 5.41) is 0. The standard InChI is InChI=1S/C11H11BrO/c12-10-5-3-4-9(8-10)11-6-1-2-7-13-11/h1-5,8,11H,6-7H2. The average Bonchev–Trinajstić information content (AvgIpc) is 2.19. The summed E-state index contributed by atoms with van der Waals surface area (Å²) in [7, 11) is 0. The summed E-state index contributed by atoms with van der Waals surface area (Å²) in [6, 6.07) is 8.29. The van der Waals surface area contributed by atoms with Crippen LogP contribution in [-0.4, -0.2) is 6.61 Å². The molecule has 0 amide bonds. The van der Waals surface area contributed by atoms with Crippen molar-refractivity contribution in [2.45, 2.75) is 12.5 Å². The van der Waals surface area contributed by atoms with Gasteiger partial charge < -0.3 is 4.74 Å². The Hall–Kier alpha value is -0.600. The van der Waals surface area contributed by atoms with Crippen LogP contribution < -0.4 is 0 Å². The van der Waals surface area contributed by atoms with Crippen molar-refractivity contribution in [3.05, 3.63) is 46.5 Å². The third kappa shape index (κ3) is 2.20. The van der Waals surface area contributed by atoms with E-state index in [1.165, 1.54) is 5.56 Å². The average molecular weight is 239 g/mol.